The summed E-state index contributed by atoms with van der Waals surface area (Å²) in [6.45, 7) is 2.86. The molecule has 3 aromatic rings. The molecule has 0 aliphatic rings. The fraction of sp³-hybridized carbons (Fsp3) is 0.286. The van der Waals surface area contributed by atoms with Gasteiger partial charge in [0.05, 0.1) is 23.2 Å². The van der Waals surface area contributed by atoms with Gasteiger partial charge in [0.2, 0.25) is 0 Å². The first-order valence-corrected chi connectivity index (χ1v) is 10.2. The van der Waals surface area contributed by atoms with Crippen molar-refractivity contribution in [1.29, 1.82) is 0 Å². The fourth-order valence-corrected chi connectivity index (χ4v) is 4.10. The van der Waals surface area contributed by atoms with Crippen molar-refractivity contribution in [2.75, 3.05) is 19.0 Å². The van der Waals surface area contributed by atoms with E-state index in [0.29, 0.717) is 12.6 Å². The molecule has 0 aliphatic carbocycles. The average molecular weight is 402 g/mol. The zero-order valence-corrected chi connectivity index (χ0v) is 17.1. The number of methoxy groups -OCH3 is 1. The zero-order chi connectivity index (χ0) is 19.2. The summed E-state index contributed by atoms with van der Waals surface area (Å²) < 4.78 is 5.72. The second-order valence-corrected chi connectivity index (χ2v) is 7.91. The Balaban J connectivity index is 2.01. The van der Waals surface area contributed by atoms with E-state index in [1.165, 1.54) is 0 Å². The number of pyridine rings is 1. The third-order valence-corrected chi connectivity index (χ3v) is 5.69. The van der Waals surface area contributed by atoms with E-state index in [0.717, 1.165) is 50.0 Å². The molecule has 0 spiro atoms. The van der Waals surface area contributed by atoms with Crippen LogP contribution >= 0.6 is 23.4 Å². The van der Waals surface area contributed by atoms with Gasteiger partial charge in [-0.25, -0.2) is 0 Å². The molecule has 0 saturated carbocycles. The maximum Gasteiger partial charge on any atom is 0.135 e. The first-order chi connectivity index (χ1) is 13.1. The third kappa shape index (κ3) is 4.86. The lowest BCUT2D eigenvalue weighted by Crippen LogP contribution is -2.17. The van der Waals surface area contributed by atoms with Crippen molar-refractivity contribution in [2.45, 2.75) is 35.6 Å². The summed E-state index contributed by atoms with van der Waals surface area (Å²) >= 11 is 7.66. The molecule has 0 amide bonds. The largest absolute Gasteiger partial charge is 0.495 e. The van der Waals surface area contributed by atoms with Crippen LogP contribution < -0.4 is 15.8 Å². The van der Waals surface area contributed by atoms with Gasteiger partial charge in [-0.2, -0.15) is 0 Å². The van der Waals surface area contributed by atoms with Gasteiger partial charge >= 0.3 is 0 Å². The average Bonchev–Trinajstić information content (AvgIpc) is 2.69. The lowest BCUT2D eigenvalue weighted by atomic mass is 10.1. The molecule has 0 radical (unpaired) electrons. The van der Waals surface area contributed by atoms with Crippen LogP contribution in [0.5, 0.6) is 5.75 Å². The number of hydrogen-bond donors (Lipinski definition) is 2. The van der Waals surface area contributed by atoms with E-state index in [1.54, 1.807) is 18.9 Å². The molecule has 1 aromatic heterocycles. The molecule has 142 valence electrons. The molecular formula is C21H24ClN3OS. The number of nitrogens with two attached hydrogens (primary N) is 1. The zero-order valence-electron chi connectivity index (χ0n) is 15.5. The highest BCUT2D eigenvalue weighted by molar-refractivity contribution is 7.99. The molecule has 0 aliphatic heterocycles. The SMILES string of the molecule is COc1cc(N[C@@H](C)CCCN)c2ncccc2c1Sc1ccc(Cl)cc1. The minimum Gasteiger partial charge on any atom is -0.495 e. The second kappa shape index (κ2) is 9.31. The molecular weight excluding hydrogens is 378 g/mol. The first-order valence-electron chi connectivity index (χ1n) is 8.98. The van der Waals surface area contributed by atoms with E-state index in [1.807, 2.05) is 42.6 Å². The summed E-state index contributed by atoms with van der Waals surface area (Å²) in [6, 6.07) is 14.2. The highest BCUT2D eigenvalue weighted by Gasteiger charge is 2.16. The van der Waals surface area contributed by atoms with Gasteiger partial charge in [-0.15, -0.1) is 0 Å². The minimum atomic E-state index is 0.304. The quantitative estimate of drug-likeness (QED) is 0.515. The summed E-state index contributed by atoms with van der Waals surface area (Å²) in [5.41, 5.74) is 7.56. The Morgan fingerprint density at radius 2 is 2.04 bits per heavy atom. The summed E-state index contributed by atoms with van der Waals surface area (Å²) in [4.78, 5) is 6.77. The number of aromatic nitrogens is 1. The third-order valence-electron chi connectivity index (χ3n) is 4.30. The number of hydrogen-bond acceptors (Lipinski definition) is 5. The standard InChI is InChI=1S/C21H24ClN3OS/c1-14(5-3-11-23)25-18-13-19(26-2)21(17-6-4-12-24-20(17)18)27-16-9-7-15(22)8-10-16/h4,6-10,12-14,25H,3,5,11,23H2,1-2H3/t14-/m0/s1. The van der Waals surface area contributed by atoms with Gasteiger partial charge in [-0.3, -0.25) is 4.98 Å². The van der Waals surface area contributed by atoms with Crippen LogP contribution in [0.25, 0.3) is 10.9 Å². The van der Waals surface area contributed by atoms with Crippen LogP contribution in [0.2, 0.25) is 5.02 Å². The molecule has 1 heterocycles. The maximum absolute atomic E-state index is 6.01. The van der Waals surface area contributed by atoms with E-state index in [-0.39, 0.29) is 0 Å². The van der Waals surface area contributed by atoms with Crippen molar-refractivity contribution in [2.24, 2.45) is 5.73 Å². The van der Waals surface area contributed by atoms with Gasteiger partial charge in [0, 0.05) is 33.6 Å². The predicted octanol–water partition coefficient (Wildman–Crippen LogP) is 5.59. The molecule has 0 saturated heterocycles. The van der Waals surface area contributed by atoms with E-state index in [9.17, 15) is 0 Å². The van der Waals surface area contributed by atoms with Gasteiger partial charge in [0.15, 0.2) is 0 Å². The monoisotopic (exact) mass is 401 g/mol. The fourth-order valence-electron chi connectivity index (χ4n) is 2.95. The van der Waals surface area contributed by atoms with Gasteiger partial charge in [0.1, 0.15) is 5.75 Å². The van der Waals surface area contributed by atoms with Gasteiger partial charge < -0.3 is 15.8 Å². The Bertz CT molecular complexity index is 902. The molecule has 0 bridgehead atoms. The molecule has 27 heavy (non-hydrogen) atoms. The molecule has 3 rings (SSSR count). The van der Waals surface area contributed by atoms with Crippen LogP contribution in [0.3, 0.4) is 0 Å². The highest BCUT2D eigenvalue weighted by atomic mass is 35.5. The Hall–Kier alpha value is -1.95. The second-order valence-electron chi connectivity index (χ2n) is 6.39. The molecule has 6 heteroatoms. The van der Waals surface area contributed by atoms with E-state index in [2.05, 4.69) is 23.3 Å². The van der Waals surface area contributed by atoms with Crippen LogP contribution in [0.4, 0.5) is 5.69 Å². The smallest absolute Gasteiger partial charge is 0.135 e. The topological polar surface area (TPSA) is 60.2 Å². The Kier molecular flexibility index (Phi) is 6.83. The van der Waals surface area contributed by atoms with Crippen LogP contribution in [-0.2, 0) is 0 Å². The summed E-state index contributed by atoms with van der Waals surface area (Å²) in [5, 5.41) is 5.35. The van der Waals surface area contributed by atoms with Crippen LogP contribution in [0.15, 0.2) is 58.5 Å². The number of rotatable bonds is 8. The summed E-state index contributed by atoms with van der Waals surface area (Å²) in [7, 11) is 1.70. The molecule has 0 fully saturated rings. The molecule has 4 nitrogen and oxygen atoms in total. The molecule has 2 aromatic carbocycles. The van der Waals surface area contributed by atoms with E-state index in [4.69, 9.17) is 22.1 Å². The first kappa shape index (κ1) is 19.8. The number of fused-ring (bicyclic) bond motifs is 1. The number of halogens is 1. The lowest BCUT2D eigenvalue weighted by molar-refractivity contribution is 0.406. The van der Waals surface area contributed by atoms with E-state index >= 15 is 0 Å². The number of ether oxygens (including phenoxy) is 1. The van der Waals surface area contributed by atoms with Crippen LogP contribution in [0.1, 0.15) is 19.8 Å². The Morgan fingerprint density at radius 1 is 1.26 bits per heavy atom. The number of nitrogens with one attached hydrogen (secondary N) is 1. The number of nitrogens with zero attached hydrogens (tertiary/aromatic N) is 1. The van der Waals surface area contributed by atoms with Gasteiger partial charge in [-0.05, 0) is 62.7 Å². The van der Waals surface area contributed by atoms with Crippen molar-refractivity contribution in [3.8, 4) is 5.75 Å². The maximum atomic E-state index is 6.01. The highest BCUT2D eigenvalue weighted by Crippen LogP contribution is 2.43. The summed E-state index contributed by atoms with van der Waals surface area (Å²) in [6.07, 6.45) is 3.82. The van der Waals surface area contributed by atoms with Gasteiger partial charge in [-0.1, -0.05) is 23.4 Å². The lowest BCUT2D eigenvalue weighted by Gasteiger charge is -2.19. The molecule has 1 atom stereocenters. The normalized spacial score (nSPS) is 12.1. The molecule has 0 unspecified atom stereocenters. The Morgan fingerprint density at radius 3 is 2.74 bits per heavy atom. The van der Waals surface area contributed by atoms with Crippen molar-refractivity contribution in [1.82, 2.24) is 4.98 Å². The van der Waals surface area contributed by atoms with Crippen molar-refractivity contribution >= 4 is 40.0 Å². The van der Waals surface area contributed by atoms with Gasteiger partial charge in [0.25, 0.3) is 0 Å². The van der Waals surface area contributed by atoms with E-state index < -0.39 is 0 Å². The van der Waals surface area contributed by atoms with Crippen LogP contribution in [0, 0.1) is 0 Å². The predicted molar refractivity (Wildman–Crippen MR) is 115 cm³/mol. The molecule has 3 N–H and O–H groups in total. The number of anilines is 1. The van der Waals surface area contributed by atoms with Crippen LogP contribution in [-0.4, -0.2) is 24.7 Å². The Labute approximate surface area is 169 Å². The van der Waals surface area contributed by atoms with Crippen molar-refractivity contribution < 1.29 is 4.74 Å². The van der Waals surface area contributed by atoms with Crippen molar-refractivity contribution in [3.63, 3.8) is 0 Å². The minimum absolute atomic E-state index is 0.304. The summed E-state index contributed by atoms with van der Waals surface area (Å²) in [5.74, 6) is 0.823. The number of benzene rings is 2. The van der Waals surface area contributed by atoms with Crippen molar-refractivity contribution in [3.05, 3.63) is 53.7 Å².